The molecular formula is C24H23F4N5O. The van der Waals surface area contributed by atoms with Crippen molar-refractivity contribution < 1.29 is 22.3 Å². The molecular weight excluding hydrogens is 450 g/mol. The Kier molecular flexibility index (Phi) is 5.75. The minimum absolute atomic E-state index is 0.0955. The van der Waals surface area contributed by atoms with Crippen LogP contribution in [-0.4, -0.2) is 37.3 Å². The van der Waals surface area contributed by atoms with Crippen molar-refractivity contribution in [3.05, 3.63) is 49.2 Å². The van der Waals surface area contributed by atoms with E-state index in [1.165, 1.54) is 12.4 Å². The van der Waals surface area contributed by atoms with E-state index >= 15 is 0 Å². The molecule has 0 aliphatic heterocycles. The molecule has 0 unspecified atom stereocenters. The minimum atomic E-state index is -2.74. The Bertz CT molecular complexity index is 1290. The quantitative estimate of drug-likeness (QED) is 0.313. The molecule has 4 aromatic rings. The van der Waals surface area contributed by atoms with Crippen LogP contribution in [0.2, 0.25) is 0 Å². The number of fused-ring (bicyclic) bond motifs is 1. The van der Waals surface area contributed by atoms with E-state index in [0.29, 0.717) is 46.6 Å². The van der Waals surface area contributed by atoms with E-state index in [4.69, 9.17) is 4.74 Å². The first-order valence-electron chi connectivity index (χ1n) is 11.0. The molecule has 0 N–H and O–H groups in total. The van der Waals surface area contributed by atoms with Crippen molar-refractivity contribution >= 4 is 11.0 Å². The average Bonchev–Trinajstić information content (AvgIpc) is 3.46. The molecule has 0 aromatic carbocycles. The smallest absolute Gasteiger partial charge is 0.333 e. The second kappa shape index (κ2) is 8.73. The zero-order valence-corrected chi connectivity index (χ0v) is 18.5. The maximum absolute atomic E-state index is 13.7. The monoisotopic (exact) mass is 473 g/mol. The van der Waals surface area contributed by atoms with E-state index in [2.05, 4.69) is 15.1 Å². The SMILES string of the molecule is COc1ccc(-c2cnc3c(-c4cnn(C(F)F)c4)cn(CC4CCC(F)(F)CC4)c3c2)cn1. The van der Waals surface area contributed by atoms with Gasteiger partial charge < -0.3 is 9.30 Å². The number of hydrogen-bond acceptors (Lipinski definition) is 4. The van der Waals surface area contributed by atoms with Gasteiger partial charge in [0, 0.05) is 72.5 Å². The Hall–Kier alpha value is -3.43. The fourth-order valence-corrected chi connectivity index (χ4v) is 4.50. The summed E-state index contributed by atoms with van der Waals surface area (Å²) in [5.74, 6) is -2.01. The summed E-state index contributed by atoms with van der Waals surface area (Å²) in [5.41, 5.74) is 4.29. The lowest BCUT2D eigenvalue weighted by atomic mass is 9.87. The number of rotatable bonds is 6. The number of pyridine rings is 2. The molecule has 0 radical (unpaired) electrons. The molecule has 0 bridgehead atoms. The standard InChI is InChI=1S/C24H23F4N5O/c1-34-21-3-2-16(9-29-21)17-8-20-22(30-10-17)19(18-11-31-33(13-18)23(25)26)14-32(20)12-15-4-6-24(27,28)7-5-15/h2-3,8-11,13-15,23H,4-7,12H2,1H3. The second-order valence-corrected chi connectivity index (χ2v) is 8.66. The van der Waals surface area contributed by atoms with Crippen molar-refractivity contribution in [1.29, 1.82) is 0 Å². The first kappa shape index (κ1) is 22.4. The molecule has 4 aromatic heterocycles. The lowest BCUT2D eigenvalue weighted by molar-refractivity contribution is -0.0472. The fraction of sp³-hybridized carbons (Fsp3) is 0.375. The van der Waals surface area contributed by atoms with Gasteiger partial charge in [0.25, 0.3) is 0 Å². The molecule has 1 aliphatic rings. The van der Waals surface area contributed by atoms with Gasteiger partial charge in [0.15, 0.2) is 0 Å². The number of alkyl halides is 4. The lowest BCUT2D eigenvalue weighted by Gasteiger charge is -2.28. The van der Waals surface area contributed by atoms with Gasteiger partial charge in [-0.1, -0.05) is 0 Å². The van der Waals surface area contributed by atoms with Crippen LogP contribution in [-0.2, 0) is 6.54 Å². The van der Waals surface area contributed by atoms with E-state index in [-0.39, 0.29) is 18.8 Å². The maximum Gasteiger partial charge on any atom is 0.333 e. The van der Waals surface area contributed by atoms with E-state index in [9.17, 15) is 17.6 Å². The number of ether oxygens (including phenoxy) is 1. The van der Waals surface area contributed by atoms with Gasteiger partial charge in [-0.15, -0.1) is 0 Å². The summed E-state index contributed by atoms with van der Waals surface area (Å²) in [4.78, 5) is 8.89. The lowest BCUT2D eigenvalue weighted by Crippen LogP contribution is -2.26. The number of aromatic nitrogens is 5. The van der Waals surface area contributed by atoms with Crippen molar-refractivity contribution in [1.82, 2.24) is 24.3 Å². The van der Waals surface area contributed by atoms with Gasteiger partial charge in [0.1, 0.15) is 0 Å². The third-order valence-corrected chi connectivity index (χ3v) is 6.40. The van der Waals surface area contributed by atoms with E-state index in [0.717, 1.165) is 16.6 Å². The highest BCUT2D eigenvalue weighted by molar-refractivity contribution is 5.94. The Labute approximate surface area is 193 Å². The first-order chi connectivity index (χ1) is 16.3. The van der Waals surface area contributed by atoms with Crippen LogP contribution in [0.5, 0.6) is 5.88 Å². The number of hydrogen-bond donors (Lipinski definition) is 0. The summed E-state index contributed by atoms with van der Waals surface area (Å²) >= 11 is 0. The van der Waals surface area contributed by atoms with Crippen LogP contribution >= 0.6 is 0 Å². The summed E-state index contributed by atoms with van der Waals surface area (Å²) in [6.45, 7) is -2.20. The Balaban J connectivity index is 1.55. The third-order valence-electron chi connectivity index (χ3n) is 6.40. The molecule has 6 nitrogen and oxygen atoms in total. The predicted molar refractivity (Wildman–Crippen MR) is 119 cm³/mol. The molecule has 0 saturated heterocycles. The van der Waals surface area contributed by atoms with Gasteiger partial charge in [-0.05, 0) is 30.9 Å². The molecule has 10 heteroatoms. The predicted octanol–water partition coefficient (Wildman–Crippen LogP) is 6.19. The largest absolute Gasteiger partial charge is 0.481 e. The van der Waals surface area contributed by atoms with Gasteiger partial charge in [0.05, 0.1) is 24.3 Å². The van der Waals surface area contributed by atoms with E-state index < -0.39 is 12.5 Å². The van der Waals surface area contributed by atoms with Crippen molar-refractivity contribution in [3.63, 3.8) is 0 Å². The number of methoxy groups -OCH3 is 1. The molecule has 0 atom stereocenters. The highest BCUT2D eigenvalue weighted by Gasteiger charge is 2.35. The Morgan fingerprint density at radius 3 is 2.44 bits per heavy atom. The first-order valence-corrected chi connectivity index (χ1v) is 11.0. The molecule has 178 valence electrons. The normalized spacial score (nSPS) is 16.4. The summed E-state index contributed by atoms with van der Waals surface area (Å²) in [5, 5.41) is 3.75. The molecule has 1 saturated carbocycles. The molecule has 1 aliphatic carbocycles. The van der Waals surface area contributed by atoms with Gasteiger partial charge in [-0.2, -0.15) is 13.9 Å². The van der Waals surface area contributed by atoms with Gasteiger partial charge in [0.2, 0.25) is 11.8 Å². The number of halogens is 4. The van der Waals surface area contributed by atoms with Gasteiger partial charge in [-0.25, -0.2) is 18.4 Å². The topological polar surface area (TPSA) is 57.8 Å². The Morgan fingerprint density at radius 2 is 1.79 bits per heavy atom. The number of nitrogens with zero attached hydrogens (tertiary/aromatic N) is 5. The summed E-state index contributed by atoms with van der Waals surface area (Å²) in [6, 6.07) is 5.59. The summed E-state index contributed by atoms with van der Waals surface area (Å²) < 4.78 is 61.2. The molecule has 0 spiro atoms. The maximum atomic E-state index is 13.7. The van der Waals surface area contributed by atoms with Crippen LogP contribution in [0.1, 0.15) is 32.2 Å². The summed E-state index contributed by atoms with van der Waals surface area (Å²) in [7, 11) is 1.54. The van der Waals surface area contributed by atoms with Crippen LogP contribution < -0.4 is 4.74 Å². The van der Waals surface area contributed by atoms with Gasteiger partial charge >= 0.3 is 6.55 Å². The zero-order valence-electron chi connectivity index (χ0n) is 18.5. The van der Waals surface area contributed by atoms with Crippen molar-refractivity contribution in [2.45, 2.75) is 44.7 Å². The highest BCUT2D eigenvalue weighted by atomic mass is 19.3. The summed E-state index contributed by atoms with van der Waals surface area (Å²) in [6.07, 6.45) is 8.54. The van der Waals surface area contributed by atoms with Crippen LogP contribution in [0, 0.1) is 5.92 Å². The van der Waals surface area contributed by atoms with Crippen molar-refractivity contribution in [2.24, 2.45) is 5.92 Å². The second-order valence-electron chi connectivity index (χ2n) is 8.66. The van der Waals surface area contributed by atoms with E-state index in [1.807, 2.05) is 22.9 Å². The molecule has 4 heterocycles. The van der Waals surface area contributed by atoms with Crippen LogP contribution in [0.4, 0.5) is 17.6 Å². The minimum Gasteiger partial charge on any atom is -0.481 e. The van der Waals surface area contributed by atoms with Crippen molar-refractivity contribution in [2.75, 3.05) is 7.11 Å². The molecule has 1 fully saturated rings. The average molecular weight is 473 g/mol. The third kappa shape index (κ3) is 4.36. The van der Waals surface area contributed by atoms with Crippen LogP contribution in [0.25, 0.3) is 33.3 Å². The molecule has 5 rings (SSSR count). The molecule has 0 amide bonds. The van der Waals surface area contributed by atoms with E-state index in [1.54, 1.807) is 25.6 Å². The highest BCUT2D eigenvalue weighted by Crippen LogP contribution is 2.38. The zero-order chi connectivity index (χ0) is 23.9. The van der Waals surface area contributed by atoms with Crippen LogP contribution in [0.15, 0.2) is 49.2 Å². The fourth-order valence-electron chi connectivity index (χ4n) is 4.50. The Morgan fingerprint density at radius 1 is 1.03 bits per heavy atom. The van der Waals surface area contributed by atoms with Crippen LogP contribution in [0.3, 0.4) is 0 Å². The van der Waals surface area contributed by atoms with Crippen molar-refractivity contribution in [3.8, 4) is 28.1 Å². The molecule has 34 heavy (non-hydrogen) atoms. The van der Waals surface area contributed by atoms with Gasteiger partial charge in [-0.3, -0.25) is 4.98 Å².